The van der Waals surface area contributed by atoms with Crippen molar-refractivity contribution < 1.29 is 4.74 Å². The van der Waals surface area contributed by atoms with Gasteiger partial charge in [0.2, 0.25) is 5.88 Å². The first kappa shape index (κ1) is 11.6. The summed E-state index contributed by atoms with van der Waals surface area (Å²) in [6.07, 6.45) is 1.96. The number of halogens is 1. The number of nitrogens with zero attached hydrogens (tertiary/aromatic N) is 3. The molecule has 2 aromatic heterocycles. The van der Waals surface area contributed by atoms with E-state index < -0.39 is 0 Å². The fourth-order valence-corrected chi connectivity index (χ4v) is 2.37. The predicted octanol–water partition coefficient (Wildman–Crippen LogP) is 2.89. The van der Waals surface area contributed by atoms with E-state index in [0.717, 1.165) is 9.35 Å². The standard InChI is InChI=1S/C9H8ClN3OS2/c1-15-9-13-12-8(16-9)5-14-7-4-2-3-6(10)11-7/h2-4H,5H2,1H3. The SMILES string of the molecule is CSc1nnc(COc2cccc(Cl)n2)s1. The van der Waals surface area contributed by atoms with Crippen molar-refractivity contribution in [2.75, 3.05) is 6.26 Å². The molecule has 84 valence electrons. The molecule has 0 aromatic carbocycles. The summed E-state index contributed by atoms with van der Waals surface area (Å²) in [7, 11) is 0. The van der Waals surface area contributed by atoms with Crippen LogP contribution in [0.3, 0.4) is 0 Å². The van der Waals surface area contributed by atoms with Crippen molar-refractivity contribution in [3.63, 3.8) is 0 Å². The van der Waals surface area contributed by atoms with Gasteiger partial charge in [0.1, 0.15) is 11.8 Å². The van der Waals surface area contributed by atoms with Gasteiger partial charge < -0.3 is 4.74 Å². The normalized spacial score (nSPS) is 10.4. The maximum Gasteiger partial charge on any atom is 0.215 e. The van der Waals surface area contributed by atoms with Gasteiger partial charge in [0.15, 0.2) is 9.35 Å². The Morgan fingerprint density at radius 2 is 2.31 bits per heavy atom. The van der Waals surface area contributed by atoms with E-state index in [2.05, 4.69) is 15.2 Å². The molecule has 0 radical (unpaired) electrons. The zero-order valence-corrected chi connectivity index (χ0v) is 10.8. The van der Waals surface area contributed by atoms with E-state index in [4.69, 9.17) is 16.3 Å². The minimum absolute atomic E-state index is 0.367. The fourth-order valence-electron chi connectivity index (χ4n) is 0.985. The Bertz CT molecular complexity index is 477. The second-order valence-electron chi connectivity index (χ2n) is 2.75. The minimum Gasteiger partial charge on any atom is -0.470 e. The summed E-state index contributed by atoms with van der Waals surface area (Å²) in [4.78, 5) is 4.01. The van der Waals surface area contributed by atoms with Crippen molar-refractivity contribution in [2.24, 2.45) is 0 Å². The molecular formula is C9H8ClN3OS2. The van der Waals surface area contributed by atoms with Gasteiger partial charge in [0.25, 0.3) is 0 Å². The molecule has 0 saturated heterocycles. The van der Waals surface area contributed by atoms with Crippen LogP contribution in [0.4, 0.5) is 0 Å². The molecule has 0 N–H and O–H groups in total. The second-order valence-corrected chi connectivity index (χ2v) is 5.26. The monoisotopic (exact) mass is 273 g/mol. The largest absolute Gasteiger partial charge is 0.470 e. The fraction of sp³-hybridized carbons (Fsp3) is 0.222. The first-order valence-electron chi connectivity index (χ1n) is 4.39. The molecule has 4 nitrogen and oxygen atoms in total. The van der Waals surface area contributed by atoms with Crippen molar-refractivity contribution in [3.05, 3.63) is 28.4 Å². The van der Waals surface area contributed by atoms with Gasteiger partial charge in [-0.05, 0) is 12.3 Å². The van der Waals surface area contributed by atoms with E-state index in [0.29, 0.717) is 17.6 Å². The van der Waals surface area contributed by atoms with Crippen molar-refractivity contribution in [3.8, 4) is 5.88 Å². The Kier molecular flexibility index (Phi) is 3.98. The molecule has 2 rings (SSSR count). The highest BCUT2D eigenvalue weighted by Gasteiger charge is 2.04. The van der Waals surface area contributed by atoms with Crippen molar-refractivity contribution >= 4 is 34.7 Å². The Morgan fingerprint density at radius 3 is 3.00 bits per heavy atom. The molecule has 0 saturated carbocycles. The summed E-state index contributed by atoms with van der Waals surface area (Å²) in [5.41, 5.74) is 0. The third-order valence-corrected chi connectivity index (χ3v) is 3.74. The van der Waals surface area contributed by atoms with E-state index in [9.17, 15) is 0 Å². The molecule has 0 aliphatic rings. The van der Waals surface area contributed by atoms with E-state index >= 15 is 0 Å². The smallest absolute Gasteiger partial charge is 0.215 e. The minimum atomic E-state index is 0.367. The van der Waals surface area contributed by atoms with Gasteiger partial charge in [-0.25, -0.2) is 4.98 Å². The molecule has 2 aromatic rings. The molecule has 2 heterocycles. The summed E-state index contributed by atoms with van der Waals surface area (Å²) < 4.78 is 6.36. The van der Waals surface area contributed by atoms with Crippen LogP contribution in [-0.4, -0.2) is 21.4 Å². The molecule has 16 heavy (non-hydrogen) atoms. The topological polar surface area (TPSA) is 47.9 Å². The van der Waals surface area contributed by atoms with Crippen molar-refractivity contribution in [2.45, 2.75) is 10.9 Å². The van der Waals surface area contributed by atoms with Crippen LogP contribution in [0.25, 0.3) is 0 Å². The van der Waals surface area contributed by atoms with Crippen molar-refractivity contribution in [1.82, 2.24) is 15.2 Å². The van der Waals surface area contributed by atoms with Crippen LogP contribution in [0.2, 0.25) is 5.15 Å². The molecule has 0 bridgehead atoms. The third-order valence-electron chi connectivity index (χ3n) is 1.66. The van der Waals surface area contributed by atoms with E-state index in [1.54, 1.807) is 30.0 Å². The van der Waals surface area contributed by atoms with Gasteiger partial charge in [-0.3, -0.25) is 0 Å². The average molecular weight is 274 g/mol. The van der Waals surface area contributed by atoms with E-state index in [1.165, 1.54) is 11.3 Å². The van der Waals surface area contributed by atoms with Gasteiger partial charge in [-0.2, -0.15) is 0 Å². The number of hydrogen-bond donors (Lipinski definition) is 0. The Labute approximate surface area is 106 Å². The molecule has 0 fully saturated rings. The summed E-state index contributed by atoms with van der Waals surface area (Å²) in [6.45, 7) is 0.367. The van der Waals surface area contributed by atoms with Crippen LogP contribution in [0.5, 0.6) is 5.88 Å². The molecule has 0 aliphatic heterocycles. The number of pyridine rings is 1. The summed E-state index contributed by atoms with van der Waals surface area (Å²) in [5.74, 6) is 0.494. The zero-order chi connectivity index (χ0) is 11.4. The second kappa shape index (κ2) is 5.47. The van der Waals surface area contributed by atoms with Crippen LogP contribution in [0.1, 0.15) is 5.01 Å². The highest BCUT2D eigenvalue weighted by atomic mass is 35.5. The average Bonchev–Trinajstić information content (AvgIpc) is 2.74. The van der Waals surface area contributed by atoms with Crippen LogP contribution in [0.15, 0.2) is 22.5 Å². The molecule has 0 amide bonds. The first-order chi connectivity index (χ1) is 7.78. The number of aromatic nitrogens is 3. The van der Waals surface area contributed by atoms with E-state index in [-0.39, 0.29) is 0 Å². The lowest BCUT2D eigenvalue weighted by Crippen LogP contribution is -1.96. The first-order valence-corrected chi connectivity index (χ1v) is 6.81. The lowest BCUT2D eigenvalue weighted by Gasteiger charge is -2.01. The molecule has 0 aliphatic carbocycles. The molecule has 7 heteroatoms. The van der Waals surface area contributed by atoms with Crippen LogP contribution < -0.4 is 4.74 Å². The van der Waals surface area contributed by atoms with Gasteiger partial charge >= 0.3 is 0 Å². The maximum atomic E-state index is 5.73. The van der Waals surface area contributed by atoms with Crippen molar-refractivity contribution in [1.29, 1.82) is 0 Å². The molecule has 0 spiro atoms. The lowest BCUT2D eigenvalue weighted by atomic mass is 10.5. The Hall–Kier alpha value is -0.850. The molecule has 0 unspecified atom stereocenters. The van der Waals surface area contributed by atoms with Gasteiger partial charge in [0.05, 0.1) is 0 Å². The number of ether oxygens (including phenoxy) is 1. The van der Waals surface area contributed by atoms with Gasteiger partial charge in [0, 0.05) is 6.07 Å². The van der Waals surface area contributed by atoms with Crippen LogP contribution in [-0.2, 0) is 6.61 Å². The maximum absolute atomic E-state index is 5.73. The summed E-state index contributed by atoms with van der Waals surface area (Å²) >= 11 is 8.81. The van der Waals surface area contributed by atoms with Gasteiger partial charge in [-0.1, -0.05) is 40.8 Å². The molecular weight excluding hydrogens is 266 g/mol. The Morgan fingerprint density at radius 1 is 1.44 bits per heavy atom. The van der Waals surface area contributed by atoms with Gasteiger partial charge in [-0.15, -0.1) is 10.2 Å². The number of thioether (sulfide) groups is 1. The van der Waals surface area contributed by atoms with E-state index in [1.807, 2.05) is 6.26 Å². The summed E-state index contributed by atoms with van der Waals surface area (Å²) in [6, 6.07) is 5.24. The quantitative estimate of drug-likeness (QED) is 0.633. The highest BCUT2D eigenvalue weighted by Crippen LogP contribution is 2.20. The third kappa shape index (κ3) is 3.07. The number of hydrogen-bond acceptors (Lipinski definition) is 6. The lowest BCUT2D eigenvalue weighted by molar-refractivity contribution is 0.292. The summed E-state index contributed by atoms with van der Waals surface area (Å²) in [5, 5.41) is 9.20. The number of rotatable bonds is 4. The van der Waals surface area contributed by atoms with Crippen LogP contribution in [0, 0.1) is 0 Å². The molecule has 0 atom stereocenters. The highest BCUT2D eigenvalue weighted by molar-refractivity contribution is 8.00. The zero-order valence-electron chi connectivity index (χ0n) is 8.38. The van der Waals surface area contributed by atoms with Crippen LogP contribution >= 0.6 is 34.7 Å². The Balaban J connectivity index is 1.96. The predicted molar refractivity (Wildman–Crippen MR) is 65.3 cm³/mol.